The fourth-order valence-electron chi connectivity index (χ4n) is 1.03. The van der Waals surface area contributed by atoms with Crippen molar-refractivity contribution in [3.05, 3.63) is 29.1 Å². The fraction of sp³-hybridized carbons (Fsp3) is 0.222. The summed E-state index contributed by atoms with van der Waals surface area (Å²) in [5, 5.41) is 17.0. The number of alkyl halides is 2. The van der Waals surface area contributed by atoms with Crippen LogP contribution in [-0.4, -0.2) is 16.1 Å². The van der Waals surface area contributed by atoms with Crippen LogP contribution in [0.3, 0.4) is 0 Å². The molecule has 0 bridgehead atoms. The molecule has 1 aromatic heterocycles. The molecule has 1 N–H and O–H groups in total. The molecule has 0 spiro atoms. The average Bonchev–Trinajstić information content (AvgIpc) is 2.16. The predicted octanol–water partition coefficient (Wildman–Crippen LogP) is 1.52. The number of pyridine rings is 1. The van der Waals surface area contributed by atoms with Crippen LogP contribution in [0.5, 0.6) is 0 Å². The summed E-state index contributed by atoms with van der Waals surface area (Å²) in [7, 11) is 0. The van der Waals surface area contributed by atoms with E-state index in [-0.39, 0.29) is 5.69 Å². The van der Waals surface area contributed by atoms with Gasteiger partial charge in [-0.1, -0.05) is 0 Å². The molecule has 0 atom stereocenters. The van der Waals surface area contributed by atoms with Gasteiger partial charge in [-0.25, -0.2) is 13.8 Å². The monoisotopic (exact) mass is 212 g/mol. The highest BCUT2D eigenvalue weighted by Crippen LogP contribution is 2.21. The van der Waals surface area contributed by atoms with Gasteiger partial charge in [0.05, 0.1) is 17.7 Å². The van der Waals surface area contributed by atoms with E-state index in [1.165, 1.54) is 12.1 Å². The van der Waals surface area contributed by atoms with Crippen molar-refractivity contribution in [1.82, 2.24) is 4.98 Å². The lowest BCUT2D eigenvalue weighted by Gasteiger charge is -2.03. The second kappa shape index (κ2) is 4.46. The molecule has 1 rings (SSSR count). The highest BCUT2D eigenvalue weighted by molar-refractivity contribution is 5.69. The van der Waals surface area contributed by atoms with Gasteiger partial charge in [-0.3, -0.25) is 4.79 Å². The van der Waals surface area contributed by atoms with E-state index in [2.05, 4.69) is 4.98 Å². The summed E-state index contributed by atoms with van der Waals surface area (Å²) in [4.78, 5) is 13.8. The van der Waals surface area contributed by atoms with Gasteiger partial charge in [0.15, 0.2) is 0 Å². The van der Waals surface area contributed by atoms with Gasteiger partial charge >= 0.3 is 5.97 Å². The van der Waals surface area contributed by atoms with Crippen LogP contribution < -0.4 is 0 Å². The Bertz CT molecular complexity index is 427. The quantitative estimate of drug-likeness (QED) is 0.824. The summed E-state index contributed by atoms with van der Waals surface area (Å²) >= 11 is 0. The summed E-state index contributed by atoms with van der Waals surface area (Å²) in [6.45, 7) is 0. The van der Waals surface area contributed by atoms with Gasteiger partial charge in [-0.2, -0.15) is 5.26 Å². The summed E-state index contributed by atoms with van der Waals surface area (Å²) in [5.74, 6) is -1.13. The van der Waals surface area contributed by atoms with Gasteiger partial charge in [0.1, 0.15) is 11.8 Å². The molecule has 1 aromatic rings. The van der Waals surface area contributed by atoms with E-state index in [1.54, 1.807) is 0 Å². The molecule has 0 aromatic carbocycles. The van der Waals surface area contributed by atoms with E-state index in [1.807, 2.05) is 0 Å². The first-order chi connectivity index (χ1) is 7.04. The molecule has 0 aliphatic heterocycles. The molecule has 0 unspecified atom stereocenters. The molecule has 0 saturated carbocycles. The van der Waals surface area contributed by atoms with Crippen molar-refractivity contribution >= 4 is 5.97 Å². The normalized spacial score (nSPS) is 10.0. The molecule has 1 heterocycles. The number of carbonyl (C=O) groups is 1. The summed E-state index contributed by atoms with van der Waals surface area (Å²) in [6.07, 6.45) is -3.18. The van der Waals surface area contributed by atoms with Crippen molar-refractivity contribution in [2.75, 3.05) is 0 Å². The standard InChI is InChI=1S/C9H6F2N2O2/c10-9(11)6-2-1-5(3-8(14)15)13-7(6)4-12/h1-2,9H,3H2,(H,14,15). The average molecular weight is 212 g/mol. The minimum absolute atomic E-state index is 0.0865. The number of carboxylic acids is 1. The molecule has 4 nitrogen and oxygen atoms in total. The van der Waals surface area contributed by atoms with Crippen LogP contribution in [0.2, 0.25) is 0 Å². The van der Waals surface area contributed by atoms with Crippen LogP contribution in [-0.2, 0) is 11.2 Å². The molecule has 0 aliphatic rings. The molecule has 6 heteroatoms. The maximum Gasteiger partial charge on any atom is 0.309 e. The van der Waals surface area contributed by atoms with Gasteiger partial charge in [-0.05, 0) is 12.1 Å². The molecule has 0 saturated heterocycles. The lowest BCUT2D eigenvalue weighted by molar-refractivity contribution is -0.136. The highest BCUT2D eigenvalue weighted by atomic mass is 19.3. The van der Waals surface area contributed by atoms with Crippen LogP contribution in [0.15, 0.2) is 12.1 Å². The Morgan fingerprint density at radius 2 is 2.27 bits per heavy atom. The minimum atomic E-state index is -2.79. The van der Waals surface area contributed by atoms with Gasteiger partial charge in [0, 0.05) is 0 Å². The van der Waals surface area contributed by atoms with Crippen LogP contribution in [0, 0.1) is 11.3 Å². The van der Waals surface area contributed by atoms with Gasteiger partial charge < -0.3 is 5.11 Å². The third-order valence-corrected chi connectivity index (χ3v) is 1.66. The van der Waals surface area contributed by atoms with Gasteiger partial charge in [0.2, 0.25) is 0 Å². The van der Waals surface area contributed by atoms with Gasteiger partial charge in [-0.15, -0.1) is 0 Å². The van der Waals surface area contributed by atoms with E-state index in [0.29, 0.717) is 0 Å². The molecular weight excluding hydrogens is 206 g/mol. The molecule has 0 radical (unpaired) electrons. The molecule has 0 amide bonds. The summed E-state index contributed by atoms with van der Waals surface area (Å²) in [6, 6.07) is 3.71. The number of halogens is 2. The first kappa shape index (κ1) is 11.0. The Balaban J connectivity index is 3.09. The van der Waals surface area contributed by atoms with Crippen LogP contribution in [0.4, 0.5) is 8.78 Å². The number of aromatic nitrogens is 1. The first-order valence-corrected chi connectivity index (χ1v) is 3.94. The Morgan fingerprint density at radius 1 is 1.60 bits per heavy atom. The number of nitriles is 1. The van der Waals surface area contributed by atoms with Crippen molar-refractivity contribution in [2.45, 2.75) is 12.8 Å². The smallest absolute Gasteiger partial charge is 0.309 e. The van der Waals surface area contributed by atoms with Crippen LogP contribution in [0.25, 0.3) is 0 Å². The lowest BCUT2D eigenvalue weighted by Crippen LogP contribution is -2.05. The maximum atomic E-state index is 12.3. The van der Waals surface area contributed by atoms with Crippen molar-refractivity contribution in [2.24, 2.45) is 0 Å². The van der Waals surface area contributed by atoms with E-state index in [4.69, 9.17) is 10.4 Å². The Kier molecular flexibility index (Phi) is 3.29. The second-order valence-corrected chi connectivity index (χ2v) is 2.72. The summed E-state index contributed by atoms with van der Waals surface area (Å²) in [5.41, 5.74) is -0.821. The van der Waals surface area contributed by atoms with E-state index >= 15 is 0 Å². The number of rotatable bonds is 3. The number of hydrogen-bond acceptors (Lipinski definition) is 3. The fourth-order valence-corrected chi connectivity index (χ4v) is 1.03. The van der Waals surface area contributed by atoms with Crippen LogP contribution >= 0.6 is 0 Å². The number of hydrogen-bond donors (Lipinski definition) is 1. The molecule has 15 heavy (non-hydrogen) atoms. The molecule has 78 valence electrons. The predicted molar refractivity (Wildman–Crippen MR) is 45.2 cm³/mol. The lowest BCUT2D eigenvalue weighted by atomic mass is 10.1. The molecular formula is C9H6F2N2O2. The first-order valence-electron chi connectivity index (χ1n) is 3.94. The second-order valence-electron chi connectivity index (χ2n) is 2.72. The maximum absolute atomic E-state index is 12.3. The highest BCUT2D eigenvalue weighted by Gasteiger charge is 2.15. The summed E-state index contributed by atoms with van der Waals surface area (Å²) < 4.78 is 24.6. The van der Waals surface area contributed by atoms with Crippen molar-refractivity contribution in [3.63, 3.8) is 0 Å². The minimum Gasteiger partial charge on any atom is -0.481 e. The van der Waals surface area contributed by atoms with E-state index in [9.17, 15) is 13.6 Å². The SMILES string of the molecule is N#Cc1nc(CC(=O)O)ccc1C(F)F. The largest absolute Gasteiger partial charge is 0.481 e. The Labute approximate surface area is 83.8 Å². The number of nitrogens with zero attached hydrogens (tertiary/aromatic N) is 2. The zero-order chi connectivity index (χ0) is 11.4. The number of aliphatic carboxylic acids is 1. The number of carboxylic acid groups (broad SMARTS) is 1. The van der Waals surface area contributed by atoms with Crippen molar-refractivity contribution in [1.29, 1.82) is 5.26 Å². The van der Waals surface area contributed by atoms with E-state index in [0.717, 1.165) is 6.07 Å². The third kappa shape index (κ3) is 2.71. The van der Waals surface area contributed by atoms with Crippen molar-refractivity contribution in [3.8, 4) is 6.07 Å². The Morgan fingerprint density at radius 3 is 2.73 bits per heavy atom. The van der Waals surface area contributed by atoms with Crippen molar-refractivity contribution < 1.29 is 18.7 Å². The third-order valence-electron chi connectivity index (χ3n) is 1.66. The molecule has 0 aliphatic carbocycles. The van der Waals surface area contributed by atoms with E-state index < -0.39 is 30.1 Å². The Hall–Kier alpha value is -2.03. The van der Waals surface area contributed by atoms with Gasteiger partial charge in [0.25, 0.3) is 6.43 Å². The zero-order valence-corrected chi connectivity index (χ0v) is 7.44. The topological polar surface area (TPSA) is 74.0 Å². The zero-order valence-electron chi connectivity index (χ0n) is 7.44. The molecule has 0 fully saturated rings. The van der Waals surface area contributed by atoms with Crippen LogP contribution in [0.1, 0.15) is 23.4 Å².